The Bertz CT molecular complexity index is 3420. The highest BCUT2D eigenvalue weighted by atomic mass is 35.5. The number of oxazole rings is 2. The molecule has 0 aliphatic heterocycles. The highest BCUT2D eigenvalue weighted by Gasteiger charge is 2.27. The van der Waals surface area contributed by atoms with Gasteiger partial charge in [-0.05, 0) is 132 Å². The summed E-state index contributed by atoms with van der Waals surface area (Å²) < 4.78 is 72.8. The monoisotopic (exact) mass is 1030 g/mol. The third-order valence-corrected chi connectivity index (χ3v) is 13.0. The summed E-state index contributed by atoms with van der Waals surface area (Å²) in [4.78, 5) is 54.2. The molecular formula is C57H44Cl2F4N4O6. The van der Waals surface area contributed by atoms with Crippen LogP contribution >= 0.6 is 23.2 Å². The van der Waals surface area contributed by atoms with Crippen LogP contribution in [-0.2, 0) is 35.3 Å². The summed E-state index contributed by atoms with van der Waals surface area (Å²) in [6.45, 7) is 0. The van der Waals surface area contributed by atoms with Gasteiger partial charge >= 0.3 is 0 Å². The maximum atomic E-state index is 13.9. The van der Waals surface area contributed by atoms with E-state index in [4.69, 9.17) is 36.8 Å². The number of hydrogen-bond donors (Lipinski definition) is 1. The molecule has 370 valence electrons. The van der Waals surface area contributed by atoms with Crippen LogP contribution in [0, 0.1) is 23.3 Å². The quantitative estimate of drug-likeness (QED) is 0.0882. The van der Waals surface area contributed by atoms with E-state index in [0.717, 1.165) is 45.7 Å². The summed E-state index contributed by atoms with van der Waals surface area (Å²) in [7, 11) is 1.55. The average molecular weight is 1030 g/mol. The van der Waals surface area contributed by atoms with E-state index in [-0.39, 0.29) is 55.7 Å². The standard InChI is InChI=1S/C29H23ClF2N2O3.C28H21ClF2N2O3/c1-36-27-9-6-18-2-3-20(28(18)34-27)13-25(35)14-21(10-17-11-23(31)15-24(32)12-17)26-16-33-29(37-26)19-4-7-22(30)8-5-19;29-21-6-3-18(4-7-21)28-32-15-25(36-28)20(9-16-10-22(30)14-23(31)11-16)13-24(34)12-19-2-1-17-5-8-26(35)33-27(17)19/h3-9,11-12,15-16,21H,2,10,13-14H2,1H3;2-8,10-11,14-15,20H,1,9,12-13H2,(H,33,35). The smallest absolute Gasteiger partial charge is 0.248 e. The second-order valence-corrected chi connectivity index (χ2v) is 18.7. The molecule has 0 fully saturated rings. The van der Waals surface area contributed by atoms with E-state index in [1.165, 1.54) is 30.3 Å². The molecule has 16 heteroatoms. The van der Waals surface area contributed by atoms with Gasteiger partial charge in [-0.15, -0.1) is 0 Å². The molecule has 4 heterocycles. The topological polar surface area (TPSA) is 141 Å². The van der Waals surface area contributed by atoms with Crippen LogP contribution in [0.4, 0.5) is 17.6 Å². The summed E-state index contributed by atoms with van der Waals surface area (Å²) in [6.07, 6.45) is 9.24. The first kappa shape index (κ1) is 50.3. The molecular weight excluding hydrogens is 984 g/mol. The summed E-state index contributed by atoms with van der Waals surface area (Å²) in [5.74, 6) is -1.72. The average Bonchev–Trinajstić information content (AvgIpc) is 4.19. The molecule has 1 N–H and O–H groups in total. The van der Waals surface area contributed by atoms with Gasteiger partial charge in [-0.1, -0.05) is 47.5 Å². The highest BCUT2D eigenvalue weighted by molar-refractivity contribution is 6.30. The van der Waals surface area contributed by atoms with Crippen LogP contribution in [0.3, 0.4) is 0 Å². The number of Topliss-reactive ketones (excluding diaryl/α,β-unsaturated/α-hetero) is 2. The summed E-state index contributed by atoms with van der Waals surface area (Å²) >= 11 is 11.9. The lowest BCUT2D eigenvalue weighted by Crippen LogP contribution is -2.12. The first-order valence-corrected chi connectivity index (χ1v) is 24.0. The minimum atomic E-state index is -0.689. The Hall–Kier alpha value is -7.68. The van der Waals surface area contributed by atoms with Crippen LogP contribution in [-0.4, -0.2) is 38.6 Å². The SMILES string of the molecule is COc1ccc2c(n1)C(CC(=O)CC(Cc1cc(F)cc(F)c1)c1cnc(-c3ccc(Cl)cc3)o1)=CC2.O=C(CC1=CCc2ccc(=O)[nH]c21)CC(Cc1cc(F)cc(F)c1)c1cnc(-c2ccc(Cl)cc2)o1. The fourth-order valence-electron chi connectivity index (χ4n) is 9.06. The van der Waals surface area contributed by atoms with E-state index in [2.05, 4.69) is 19.9 Å². The number of aromatic nitrogens is 4. The zero-order valence-electron chi connectivity index (χ0n) is 39.1. The van der Waals surface area contributed by atoms with Crippen molar-refractivity contribution in [2.24, 2.45) is 0 Å². The van der Waals surface area contributed by atoms with Crippen molar-refractivity contribution in [2.45, 2.75) is 63.2 Å². The molecule has 2 unspecified atom stereocenters. The third kappa shape index (κ3) is 12.7. The van der Waals surface area contributed by atoms with E-state index in [0.29, 0.717) is 74.5 Å². The molecule has 2 aliphatic carbocycles. The van der Waals surface area contributed by atoms with Crippen molar-refractivity contribution in [1.82, 2.24) is 19.9 Å². The van der Waals surface area contributed by atoms with E-state index >= 15 is 0 Å². The van der Waals surface area contributed by atoms with Crippen LogP contribution in [0.25, 0.3) is 34.1 Å². The van der Waals surface area contributed by atoms with Crippen molar-refractivity contribution in [3.63, 3.8) is 0 Å². The van der Waals surface area contributed by atoms with E-state index in [1.807, 2.05) is 18.2 Å². The molecule has 73 heavy (non-hydrogen) atoms. The number of ketones is 2. The molecule has 0 bridgehead atoms. The van der Waals surface area contributed by atoms with Gasteiger partial charge in [0, 0.05) is 88.7 Å². The molecule has 10 nitrogen and oxygen atoms in total. The van der Waals surface area contributed by atoms with Gasteiger partial charge in [0.25, 0.3) is 0 Å². The third-order valence-electron chi connectivity index (χ3n) is 12.5. The van der Waals surface area contributed by atoms with Crippen LogP contribution in [0.2, 0.25) is 10.0 Å². The van der Waals surface area contributed by atoms with Crippen molar-refractivity contribution >= 4 is 45.9 Å². The Kier molecular flexibility index (Phi) is 15.4. The Morgan fingerprint density at radius 3 is 1.60 bits per heavy atom. The maximum Gasteiger partial charge on any atom is 0.248 e. The van der Waals surface area contributed by atoms with E-state index in [1.54, 1.807) is 80.2 Å². The van der Waals surface area contributed by atoms with Gasteiger partial charge in [0.05, 0.1) is 25.2 Å². The maximum absolute atomic E-state index is 13.9. The first-order valence-electron chi connectivity index (χ1n) is 23.2. The van der Waals surface area contributed by atoms with Crippen LogP contribution in [0.15, 0.2) is 147 Å². The van der Waals surface area contributed by atoms with Gasteiger partial charge in [0.1, 0.15) is 46.4 Å². The second kappa shape index (κ2) is 22.4. The molecule has 0 amide bonds. The molecule has 10 rings (SSSR count). The number of fused-ring (bicyclic) bond motifs is 2. The lowest BCUT2D eigenvalue weighted by atomic mass is 9.90. The number of pyridine rings is 2. The van der Waals surface area contributed by atoms with Gasteiger partial charge in [-0.25, -0.2) is 32.5 Å². The number of nitrogens with one attached hydrogen (secondary N) is 1. The molecule has 2 atom stereocenters. The van der Waals surface area contributed by atoms with E-state index < -0.39 is 35.1 Å². The molecule has 8 aromatic rings. The van der Waals surface area contributed by atoms with Crippen molar-refractivity contribution in [3.8, 4) is 28.8 Å². The number of allylic oxidation sites excluding steroid dienone is 4. The van der Waals surface area contributed by atoms with Gasteiger partial charge in [0.15, 0.2) is 0 Å². The van der Waals surface area contributed by atoms with Crippen molar-refractivity contribution in [3.05, 3.63) is 223 Å². The van der Waals surface area contributed by atoms with Crippen LogP contribution in [0.5, 0.6) is 5.88 Å². The Morgan fingerprint density at radius 1 is 0.630 bits per heavy atom. The fraction of sp³-hybridized carbons (Fsp3) is 0.193. The molecule has 2 aliphatic rings. The largest absolute Gasteiger partial charge is 0.481 e. The lowest BCUT2D eigenvalue weighted by molar-refractivity contribution is -0.119. The Morgan fingerprint density at radius 2 is 1.10 bits per heavy atom. The number of benzene rings is 4. The number of carbonyl (C=O) groups is 2. The predicted molar refractivity (Wildman–Crippen MR) is 269 cm³/mol. The number of methoxy groups -OCH3 is 1. The normalized spacial score (nSPS) is 13.3. The van der Waals surface area contributed by atoms with Crippen molar-refractivity contribution in [1.29, 1.82) is 0 Å². The lowest BCUT2D eigenvalue weighted by Gasteiger charge is -2.15. The summed E-state index contributed by atoms with van der Waals surface area (Å²) in [5, 5.41) is 1.16. The highest BCUT2D eigenvalue weighted by Crippen LogP contribution is 2.36. The van der Waals surface area contributed by atoms with Crippen molar-refractivity contribution < 1.29 is 40.7 Å². The molecule has 0 radical (unpaired) electrons. The number of rotatable bonds is 17. The van der Waals surface area contributed by atoms with Gasteiger partial charge in [0.2, 0.25) is 23.2 Å². The van der Waals surface area contributed by atoms with Gasteiger partial charge in [-0.2, -0.15) is 0 Å². The zero-order valence-corrected chi connectivity index (χ0v) is 40.6. The number of ether oxygens (including phenoxy) is 1. The van der Waals surface area contributed by atoms with Crippen molar-refractivity contribution in [2.75, 3.05) is 7.11 Å². The first-order chi connectivity index (χ1) is 35.2. The molecule has 0 saturated carbocycles. The number of hydrogen-bond acceptors (Lipinski definition) is 9. The number of carbonyl (C=O) groups excluding carboxylic acids is 2. The van der Waals surface area contributed by atoms with E-state index in [9.17, 15) is 31.9 Å². The zero-order chi connectivity index (χ0) is 51.2. The van der Waals surface area contributed by atoms with Gasteiger partial charge < -0.3 is 18.6 Å². The number of halogens is 6. The Labute approximate surface area is 426 Å². The van der Waals surface area contributed by atoms with Crippen LogP contribution < -0.4 is 10.3 Å². The minimum Gasteiger partial charge on any atom is -0.481 e. The van der Waals surface area contributed by atoms with Crippen LogP contribution in [0.1, 0.15) is 82.7 Å². The minimum absolute atomic E-state index is 0.0463. The summed E-state index contributed by atoms with van der Waals surface area (Å²) in [5.41, 5.74) is 7.11. The summed E-state index contributed by atoms with van der Waals surface area (Å²) in [6, 6.07) is 27.6. The molecule has 4 aromatic carbocycles. The molecule has 4 aromatic heterocycles. The molecule has 0 spiro atoms. The second-order valence-electron chi connectivity index (χ2n) is 17.8. The fourth-order valence-corrected chi connectivity index (χ4v) is 9.32. The predicted octanol–water partition coefficient (Wildman–Crippen LogP) is 13.3. The Balaban J connectivity index is 0.000000180. The molecule has 0 saturated heterocycles. The number of aromatic amines is 1. The number of H-pyrrole nitrogens is 1. The van der Waals surface area contributed by atoms with Gasteiger partial charge in [-0.3, -0.25) is 14.4 Å². The number of nitrogens with zero attached hydrogens (tertiary/aromatic N) is 3.